The van der Waals surface area contributed by atoms with E-state index in [1.165, 1.54) is 38.5 Å². The van der Waals surface area contributed by atoms with Gasteiger partial charge in [-0.1, -0.05) is 57.1 Å². The van der Waals surface area contributed by atoms with E-state index in [9.17, 15) is 10.2 Å². The van der Waals surface area contributed by atoms with Crippen molar-refractivity contribution in [2.75, 3.05) is 0 Å². The van der Waals surface area contributed by atoms with Crippen LogP contribution in [0.1, 0.15) is 72.1 Å². The van der Waals surface area contributed by atoms with Gasteiger partial charge in [0.25, 0.3) is 0 Å². The summed E-state index contributed by atoms with van der Waals surface area (Å²) in [5.74, 6) is 2.41. The van der Waals surface area contributed by atoms with Crippen LogP contribution in [0.2, 0.25) is 0 Å². The van der Waals surface area contributed by atoms with Gasteiger partial charge in [-0.05, 0) is 73.7 Å². The van der Waals surface area contributed by atoms with Gasteiger partial charge in [0.05, 0.1) is 12.2 Å². The van der Waals surface area contributed by atoms with Crippen LogP contribution in [0.25, 0.3) is 0 Å². The molecule has 0 aliphatic heterocycles. The van der Waals surface area contributed by atoms with Crippen LogP contribution in [0, 0.1) is 23.2 Å². The van der Waals surface area contributed by atoms with Crippen molar-refractivity contribution in [3.63, 3.8) is 0 Å². The van der Waals surface area contributed by atoms with Crippen LogP contribution in [-0.2, 0) is 0 Å². The molecule has 0 radical (unpaired) electrons. The Balaban J connectivity index is 1.78. The molecule has 3 rings (SSSR count). The molecule has 0 saturated heterocycles. The summed E-state index contributed by atoms with van der Waals surface area (Å²) >= 11 is 0. The SMILES string of the molecule is C=C1[C@H](O)CC(=C/C=C2\CCC[C@@]3(C)C2CCC3C(C)CC)C[C@H]1O. The van der Waals surface area contributed by atoms with Crippen LogP contribution in [-0.4, -0.2) is 22.4 Å². The summed E-state index contributed by atoms with van der Waals surface area (Å²) in [5.41, 5.74) is 3.81. The molecule has 2 N–H and O–H groups in total. The third-order valence-corrected chi connectivity index (χ3v) is 7.67. The van der Waals surface area contributed by atoms with Crippen LogP contribution in [0.15, 0.2) is 35.5 Å². The Hall–Kier alpha value is -0.860. The van der Waals surface area contributed by atoms with E-state index >= 15 is 0 Å². The van der Waals surface area contributed by atoms with Gasteiger partial charge in [-0.15, -0.1) is 0 Å². The topological polar surface area (TPSA) is 40.5 Å². The molecule has 0 spiro atoms. The Kier molecular flexibility index (Phi) is 5.60. The smallest absolute Gasteiger partial charge is 0.0809 e. The number of aliphatic hydroxyl groups excluding tert-OH is 2. The molecule has 3 unspecified atom stereocenters. The van der Waals surface area contributed by atoms with Gasteiger partial charge in [0.15, 0.2) is 0 Å². The van der Waals surface area contributed by atoms with Crippen molar-refractivity contribution >= 4 is 0 Å². The highest BCUT2D eigenvalue weighted by Crippen LogP contribution is 2.59. The van der Waals surface area contributed by atoms with Crippen molar-refractivity contribution in [3.05, 3.63) is 35.5 Å². The normalized spacial score (nSPS) is 41.7. The van der Waals surface area contributed by atoms with Crippen molar-refractivity contribution < 1.29 is 10.2 Å². The average molecular weight is 345 g/mol. The van der Waals surface area contributed by atoms with Crippen LogP contribution in [0.5, 0.6) is 0 Å². The molecule has 25 heavy (non-hydrogen) atoms. The zero-order chi connectivity index (χ0) is 18.2. The Labute approximate surface area is 153 Å². The molecule has 0 aromatic carbocycles. The standard InChI is InChI=1S/C23H36O2/c1-5-15(2)19-10-11-20-18(7-6-12-23(19,20)4)9-8-17-13-21(24)16(3)22(25)14-17/h8-9,15,19-22,24-25H,3,5-7,10-14H2,1-2,4H3/b18-9+/t15?,19?,20?,21-,22-,23-/m1/s1. The van der Waals surface area contributed by atoms with Gasteiger partial charge in [-0.25, -0.2) is 0 Å². The Morgan fingerprint density at radius 1 is 1.20 bits per heavy atom. The zero-order valence-corrected chi connectivity index (χ0v) is 16.3. The highest BCUT2D eigenvalue weighted by Gasteiger charge is 2.50. The summed E-state index contributed by atoms with van der Waals surface area (Å²) in [6.07, 6.45) is 12.5. The lowest BCUT2D eigenvalue weighted by Crippen LogP contribution is -2.35. The summed E-state index contributed by atoms with van der Waals surface area (Å²) in [6, 6.07) is 0. The first-order chi connectivity index (χ1) is 11.9. The van der Waals surface area contributed by atoms with Gasteiger partial charge >= 0.3 is 0 Å². The first-order valence-electron chi connectivity index (χ1n) is 10.3. The maximum Gasteiger partial charge on any atom is 0.0809 e. The third-order valence-electron chi connectivity index (χ3n) is 7.67. The number of rotatable bonds is 3. The van der Waals surface area contributed by atoms with Crippen molar-refractivity contribution in [1.82, 2.24) is 0 Å². The summed E-state index contributed by atoms with van der Waals surface area (Å²) in [7, 11) is 0. The van der Waals surface area contributed by atoms with E-state index in [1.807, 2.05) is 0 Å². The van der Waals surface area contributed by atoms with E-state index < -0.39 is 12.2 Å². The molecule has 6 atom stereocenters. The van der Waals surface area contributed by atoms with Crippen LogP contribution >= 0.6 is 0 Å². The lowest BCUT2D eigenvalue weighted by Gasteiger charge is -2.44. The third kappa shape index (κ3) is 3.53. The lowest BCUT2D eigenvalue weighted by molar-refractivity contribution is 0.0961. The molecule has 3 aliphatic rings. The zero-order valence-electron chi connectivity index (χ0n) is 16.3. The van der Waals surface area contributed by atoms with Gasteiger partial charge in [0.1, 0.15) is 0 Å². The number of allylic oxidation sites excluding steroid dienone is 3. The summed E-state index contributed by atoms with van der Waals surface area (Å²) < 4.78 is 0. The fourth-order valence-electron chi connectivity index (χ4n) is 5.92. The summed E-state index contributed by atoms with van der Waals surface area (Å²) in [4.78, 5) is 0. The van der Waals surface area contributed by atoms with E-state index in [-0.39, 0.29) is 0 Å². The molecule has 3 saturated carbocycles. The quantitative estimate of drug-likeness (QED) is 0.693. The minimum atomic E-state index is -0.591. The number of aliphatic hydroxyl groups is 2. The Morgan fingerprint density at radius 3 is 2.52 bits per heavy atom. The van der Waals surface area contributed by atoms with Crippen molar-refractivity contribution in [2.45, 2.75) is 84.3 Å². The van der Waals surface area contributed by atoms with Crippen LogP contribution < -0.4 is 0 Å². The predicted molar refractivity (Wildman–Crippen MR) is 104 cm³/mol. The molecule has 3 aliphatic carbocycles. The summed E-state index contributed by atoms with van der Waals surface area (Å²) in [6.45, 7) is 11.1. The molecule has 0 bridgehead atoms. The fraction of sp³-hybridized carbons (Fsp3) is 0.739. The highest BCUT2D eigenvalue weighted by atomic mass is 16.3. The maximum atomic E-state index is 10.0. The maximum absolute atomic E-state index is 10.0. The van der Waals surface area contributed by atoms with Gasteiger partial charge in [0.2, 0.25) is 0 Å². The van der Waals surface area contributed by atoms with Crippen LogP contribution in [0.4, 0.5) is 0 Å². The second kappa shape index (κ2) is 7.40. The molecule has 0 heterocycles. The molecular weight excluding hydrogens is 308 g/mol. The molecule has 2 heteroatoms. The number of fused-ring (bicyclic) bond motifs is 1. The first-order valence-corrected chi connectivity index (χ1v) is 10.3. The minimum Gasteiger partial charge on any atom is -0.388 e. The molecule has 0 aromatic rings. The largest absolute Gasteiger partial charge is 0.388 e. The second-order valence-corrected chi connectivity index (χ2v) is 9.06. The first kappa shape index (κ1) is 18.9. The molecule has 2 nitrogen and oxygen atoms in total. The lowest BCUT2D eigenvalue weighted by atomic mass is 9.61. The van der Waals surface area contributed by atoms with Crippen LogP contribution in [0.3, 0.4) is 0 Å². The fourth-order valence-corrected chi connectivity index (χ4v) is 5.92. The number of hydrogen-bond donors (Lipinski definition) is 2. The van der Waals surface area contributed by atoms with Gasteiger partial charge in [-0.3, -0.25) is 0 Å². The van der Waals surface area contributed by atoms with E-state index in [2.05, 4.69) is 39.5 Å². The van der Waals surface area contributed by atoms with Gasteiger partial charge in [0, 0.05) is 0 Å². The molecule has 0 aromatic heterocycles. The minimum absolute atomic E-state index is 0.470. The predicted octanol–water partition coefficient (Wildman–Crippen LogP) is 5.17. The highest BCUT2D eigenvalue weighted by molar-refractivity contribution is 5.29. The molecule has 140 valence electrons. The van der Waals surface area contributed by atoms with Crippen molar-refractivity contribution in [2.24, 2.45) is 23.2 Å². The van der Waals surface area contributed by atoms with Crippen molar-refractivity contribution in [3.8, 4) is 0 Å². The molecular formula is C23H36O2. The van der Waals surface area contributed by atoms with E-state index in [4.69, 9.17) is 0 Å². The number of hydrogen-bond acceptors (Lipinski definition) is 2. The van der Waals surface area contributed by atoms with Crippen molar-refractivity contribution in [1.29, 1.82) is 0 Å². The second-order valence-electron chi connectivity index (χ2n) is 9.06. The van der Waals surface area contributed by atoms with Gasteiger partial charge < -0.3 is 10.2 Å². The van der Waals surface area contributed by atoms with E-state index in [0.717, 1.165) is 23.3 Å². The Bertz CT molecular complexity index is 557. The summed E-state index contributed by atoms with van der Waals surface area (Å²) in [5, 5.41) is 20.1. The van der Waals surface area contributed by atoms with Gasteiger partial charge in [-0.2, -0.15) is 0 Å². The molecule has 0 amide bonds. The average Bonchev–Trinajstić information content (AvgIpc) is 2.94. The van der Waals surface area contributed by atoms with E-state index in [0.29, 0.717) is 23.8 Å². The monoisotopic (exact) mass is 344 g/mol. The van der Waals surface area contributed by atoms with E-state index in [1.54, 1.807) is 5.57 Å². The Morgan fingerprint density at radius 2 is 1.88 bits per heavy atom. The molecule has 3 fully saturated rings.